The average molecular weight is 203 g/mol. The van der Waals surface area contributed by atoms with E-state index in [4.69, 9.17) is 4.74 Å². The van der Waals surface area contributed by atoms with Gasteiger partial charge in [-0.1, -0.05) is 6.07 Å². The van der Waals surface area contributed by atoms with Crippen LogP contribution < -0.4 is 4.74 Å². The Labute approximate surface area is 88.8 Å². The summed E-state index contributed by atoms with van der Waals surface area (Å²) in [4.78, 5) is 13.8. The molecule has 1 aliphatic carbocycles. The second-order valence-electron chi connectivity index (χ2n) is 3.65. The Hall–Kier alpha value is -1.60. The standard InChI is InChI=1S/C12H13NO2/c1-15-12-6-5-9-3-2-4-10(9)11(12)7-13-8-14/h5-6H,2-4,7H2,1H3. The Morgan fingerprint density at radius 2 is 2.33 bits per heavy atom. The minimum Gasteiger partial charge on any atom is -0.496 e. The molecular formula is C12H13NO2. The summed E-state index contributed by atoms with van der Waals surface area (Å²) in [5.41, 5.74) is 3.73. The average Bonchev–Trinajstić information content (AvgIpc) is 2.73. The Morgan fingerprint density at radius 1 is 1.47 bits per heavy atom. The first-order chi connectivity index (χ1) is 7.36. The van der Waals surface area contributed by atoms with Gasteiger partial charge < -0.3 is 4.74 Å². The zero-order valence-corrected chi connectivity index (χ0v) is 8.75. The van der Waals surface area contributed by atoms with E-state index in [9.17, 15) is 4.79 Å². The number of benzene rings is 1. The van der Waals surface area contributed by atoms with E-state index in [-0.39, 0.29) is 0 Å². The van der Waals surface area contributed by atoms with E-state index < -0.39 is 0 Å². The summed E-state index contributed by atoms with van der Waals surface area (Å²) in [6.45, 7) is 0.385. The number of isocyanates is 1. The van der Waals surface area contributed by atoms with Crippen LogP contribution in [-0.2, 0) is 24.2 Å². The molecule has 1 aliphatic rings. The normalized spacial score (nSPS) is 13.1. The first-order valence-electron chi connectivity index (χ1n) is 5.08. The number of rotatable bonds is 3. The van der Waals surface area contributed by atoms with Crippen molar-refractivity contribution in [3.63, 3.8) is 0 Å². The van der Waals surface area contributed by atoms with E-state index in [0.717, 1.165) is 24.2 Å². The third kappa shape index (κ3) is 1.79. The molecule has 15 heavy (non-hydrogen) atoms. The van der Waals surface area contributed by atoms with Gasteiger partial charge in [0.25, 0.3) is 0 Å². The Balaban J connectivity index is 2.46. The maximum atomic E-state index is 10.1. The van der Waals surface area contributed by atoms with Crippen LogP contribution in [0.4, 0.5) is 0 Å². The molecule has 1 aromatic rings. The molecule has 0 atom stereocenters. The summed E-state index contributed by atoms with van der Waals surface area (Å²) in [5, 5.41) is 0. The van der Waals surface area contributed by atoms with Crippen LogP contribution in [0.15, 0.2) is 17.1 Å². The summed E-state index contributed by atoms with van der Waals surface area (Å²) >= 11 is 0. The molecule has 1 aromatic carbocycles. The third-order valence-electron chi connectivity index (χ3n) is 2.88. The predicted octanol–water partition coefficient (Wildman–Crippen LogP) is 2.02. The predicted molar refractivity (Wildman–Crippen MR) is 56.8 cm³/mol. The Bertz CT molecular complexity index is 420. The molecule has 0 spiro atoms. The summed E-state index contributed by atoms with van der Waals surface area (Å²) < 4.78 is 5.28. The molecule has 0 radical (unpaired) electrons. The lowest BCUT2D eigenvalue weighted by Gasteiger charge is -2.11. The van der Waals surface area contributed by atoms with Gasteiger partial charge in [-0.15, -0.1) is 0 Å². The highest BCUT2D eigenvalue weighted by Crippen LogP contribution is 2.32. The van der Waals surface area contributed by atoms with E-state index in [2.05, 4.69) is 11.1 Å². The Kier molecular flexibility index (Phi) is 2.84. The maximum absolute atomic E-state index is 10.1. The molecular weight excluding hydrogens is 190 g/mol. The van der Waals surface area contributed by atoms with Crippen LogP contribution in [0.1, 0.15) is 23.1 Å². The van der Waals surface area contributed by atoms with Crippen molar-refractivity contribution in [2.75, 3.05) is 7.11 Å². The molecule has 0 heterocycles. The topological polar surface area (TPSA) is 38.7 Å². The van der Waals surface area contributed by atoms with Crippen LogP contribution >= 0.6 is 0 Å². The molecule has 3 heteroatoms. The van der Waals surface area contributed by atoms with Gasteiger partial charge in [-0.05, 0) is 36.5 Å². The molecule has 0 aromatic heterocycles. The van der Waals surface area contributed by atoms with Crippen molar-refractivity contribution in [3.05, 3.63) is 28.8 Å². The molecule has 0 unspecified atom stereocenters. The molecule has 3 nitrogen and oxygen atoms in total. The molecule has 0 N–H and O–H groups in total. The SMILES string of the molecule is COc1ccc2c(c1CN=C=O)CCC2. The van der Waals surface area contributed by atoms with E-state index >= 15 is 0 Å². The molecule has 0 saturated carbocycles. The molecule has 2 rings (SSSR count). The maximum Gasteiger partial charge on any atom is 0.235 e. The fourth-order valence-corrected chi connectivity index (χ4v) is 2.20. The molecule has 78 valence electrons. The van der Waals surface area contributed by atoms with Crippen LogP contribution in [0.3, 0.4) is 0 Å². The number of aryl methyl sites for hydroxylation is 1. The smallest absolute Gasteiger partial charge is 0.235 e. The van der Waals surface area contributed by atoms with E-state index in [1.807, 2.05) is 6.07 Å². The van der Waals surface area contributed by atoms with Crippen molar-refractivity contribution in [3.8, 4) is 5.75 Å². The van der Waals surface area contributed by atoms with E-state index in [1.54, 1.807) is 13.2 Å². The van der Waals surface area contributed by atoms with Crippen molar-refractivity contribution in [2.24, 2.45) is 4.99 Å². The van der Waals surface area contributed by atoms with Gasteiger partial charge in [0.1, 0.15) is 5.75 Å². The van der Waals surface area contributed by atoms with Gasteiger partial charge in [0, 0.05) is 5.56 Å². The molecule has 0 saturated heterocycles. The van der Waals surface area contributed by atoms with Crippen molar-refractivity contribution < 1.29 is 9.53 Å². The van der Waals surface area contributed by atoms with Gasteiger partial charge in [0.2, 0.25) is 6.08 Å². The lowest BCUT2D eigenvalue weighted by atomic mass is 10.0. The zero-order valence-electron chi connectivity index (χ0n) is 8.75. The number of fused-ring (bicyclic) bond motifs is 1. The summed E-state index contributed by atoms with van der Waals surface area (Å²) in [7, 11) is 1.64. The minimum atomic E-state index is 0.385. The van der Waals surface area contributed by atoms with Gasteiger partial charge >= 0.3 is 0 Å². The van der Waals surface area contributed by atoms with Gasteiger partial charge in [0.15, 0.2) is 0 Å². The number of hydrogen-bond acceptors (Lipinski definition) is 3. The van der Waals surface area contributed by atoms with Crippen molar-refractivity contribution in [1.29, 1.82) is 0 Å². The van der Waals surface area contributed by atoms with Gasteiger partial charge in [0.05, 0.1) is 13.7 Å². The van der Waals surface area contributed by atoms with Crippen LogP contribution in [0.25, 0.3) is 0 Å². The van der Waals surface area contributed by atoms with Crippen LogP contribution in [-0.4, -0.2) is 13.2 Å². The van der Waals surface area contributed by atoms with Gasteiger partial charge in [-0.3, -0.25) is 0 Å². The van der Waals surface area contributed by atoms with Crippen molar-refractivity contribution in [2.45, 2.75) is 25.8 Å². The van der Waals surface area contributed by atoms with Gasteiger partial charge in [-0.2, -0.15) is 0 Å². The number of methoxy groups -OCH3 is 1. The highest BCUT2D eigenvalue weighted by Gasteiger charge is 2.17. The first kappa shape index (κ1) is 9.94. The first-order valence-corrected chi connectivity index (χ1v) is 5.08. The van der Waals surface area contributed by atoms with Gasteiger partial charge in [-0.25, -0.2) is 9.79 Å². The Morgan fingerprint density at radius 3 is 3.07 bits per heavy atom. The fraction of sp³-hybridized carbons (Fsp3) is 0.417. The summed E-state index contributed by atoms with van der Waals surface area (Å²) in [6, 6.07) is 4.06. The number of ether oxygens (including phenoxy) is 1. The lowest BCUT2D eigenvalue weighted by molar-refractivity contribution is 0.409. The van der Waals surface area contributed by atoms with Crippen molar-refractivity contribution >= 4 is 6.08 Å². The van der Waals surface area contributed by atoms with E-state index in [0.29, 0.717) is 6.54 Å². The van der Waals surface area contributed by atoms with E-state index in [1.165, 1.54) is 17.5 Å². The second kappa shape index (κ2) is 4.28. The molecule has 0 fully saturated rings. The highest BCUT2D eigenvalue weighted by molar-refractivity contribution is 5.48. The number of aliphatic imine (C=N–C) groups is 1. The van der Waals surface area contributed by atoms with Crippen LogP contribution in [0.5, 0.6) is 5.75 Å². The molecule has 0 bridgehead atoms. The van der Waals surface area contributed by atoms with Crippen LogP contribution in [0.2, 0.25) is 0 Å². The second-order valence-corrected chi connectivity index (χ2v) is 3.65. The third-order valence-corrected chi connectivity index (χ3v) is 2.88. The quantitative estimate of drug-likeness (QED) is 0.557. The number of nitrogens with zero attached hydrogens (tertiary/aromatic N) is 1. The molecule has 0 aliphatic heterocycles. The number of carbonyl (C=O) groups excluding carboxylic acids is 1. The summed E-state index contributed by atoms with van der Waals surface area (Å²) in [6.07, 6.45) is 4.95. The number of hydrogen-bond donors (Lipinski definition) is 0. The van der Waals surface area contributed by atoms with Crippen LogP contribution in [0, 0.1) is 0 Å². The zero-order chi connectivity index (χ0) is 10.7. The lowest BCUT2D eigenvalue weighted by Crippen LogP contribution is -1.97. The fourth-order valence-electron chi connectivity index (χ4n) is 2.20. The molecule has 0 amide bonds. The highest BCUT2D eigenvalue weighted by atomic mass is 16.5. The minimum absolute atomic E-state index is 0.385. The monoisotopic (exact) mass is 203 g/mol. The largest absolute Gasteiger partial charge is 0.496 e. The van der Waals surface area contributed by atoms with Crippen molar-refractivity contribution in [1.82, 2.24) is 0 Å². The summed E-state index contributed by atoms with van der Waals surface area (Å²) in [5.74, 6) is 0.828.